The molecule has 0 spiro atoms. The lowest BCUT2D eigenvalue weighted by molar-refractivity contribution is 1.08. The molecule has 252 valence electrons. The maximum atomic E-state index is 5.42. The highest BCUT2D eigenvalue weighted by Crippen LogP contribution is 2.30. The Bertz CT molecular complexity index is 2970. The second kappa shape index (κ2) is 12.0. The lowest BCUT2D eigenvalue weighted by atomic mass is 10.1. The average molecular weight is 706 g/mol. The predicted molar refractivity (Wildman–Crippen MR) is 223 cm³/mol. The standard InChI is InChI=1S/C48H31N5Si/c1-2-16-39(17-3-1)54(44-21-11-10-20-43(44)53-42-19-9-8-18-41(42)49-48(53)54)40-28-26-34(27-29-40)45-50-46(37-24-22-32-12-4-6-14-35(32)30-37)52-47(51-45)38-25-23-33-13-5-7-15-36(33)31-38/h1-31H. The normalized spacial score (nSPS) is 14.7. The second-order valence-electron chi connectivity index (χ2n) is 13.9. The molecule has 0 radical (unpaired) electrons. The highest BCUT2D eigenvalue weighted by atomic mass is 28.3. The number of fused-ring (bicyclic) bond motifs is 7. The van der Waals surface area contributed by atoms with Gasteiger partial charge in [-0.2, -0.15) is 0 Å². The molecule has 2 aromatic heterocycles. The van der Waals surface area contributed by atoms with Gasteiger partial charge in [-0.1, -0.05) is 158 Å². The molecule has 3 heterocycles. The van der Waals surface area contributed by atoms with E-state index in [0.717, 1.165) is 43.9 Å². The molecule has 0 saturated heterocycles. The Balaban J connectivity index is 1.11. The highest BCUT2D eigenvalue weighted by Gasteiger charge is 2.51. The molecule has 0 N–H and O–H groups in total. The summed E-state index contributed by atoms with van der Waals surface area (Å²) in [6.07, 6.45) is 0. The van der Waals surface area contributed by atoms with Gasteiger partial charge in [0.1, 0.15) is 5.45 Å². The van der Waals surface area contributed by atoms with Crippen LogP contribution in [0.25, 0.3) is 72.4 Å². The van der Waals surface area contributed by atoms with Gasteiger partial charge in [0, 0.05) is 22.4 Å². The van der Waals surface area contributed by atoms with Gasteiger partial charge < -0.3 is 0 Å². The molecule has 5 nitrogen and oxygen atoms in total. The number of hydrogen-bond donors (Lipinski definition) is 0. The topological polar surface area (TPSA) is 56.5 Å². The Morgan fingerprint density at radius 2 is 0.870 bits per heavy atom. The Hall–Kier alpha value is -7.02. The Morgan fingerprint density at radius 1 is 0.370 bits per heavy atom. The maximum absolute atomic E-state index is 5.42. The number of nitrogens with zero attached hydrogens (tertiary/aromatic N) is 5. The van der Waals surface area contributed by atoms with Crippen molar-refractivity contribution in [1.29, 1.82) is 0 Å². The fourth-order valence-electron chi connectivity index (χ4n) is 8.34. The van der Waals surface area contributed by atoms with Crippen molar-refractivity contribution in [2.45, 2.75) is 0 Å². The molecular weight excluding hydrogens is 675 g/mol. The van der Waals surface area contributed by atoms with Gasteiger partial charge in [0.2, 0.25) is 8.07 Å². The summed E-state index contributed by atoms with van der Waals surface area (Å²) < 4.78 is 2.40. The Kier molecular flexibility index (Phi) is 6.81. The molecule has 0 saturated carbocycles. The van der Waals surface area contributed by atoms with Gasteiger partial charge in [-0.25, -0.2) is 19.9 Å². The molecule has 1 atom stereocenters. The van der Waals surface area contributed by atoms with Crippen LogP contribution in [0.15, 0.2) is 188 Å². The number of hydrogen-bond acceptors (Lipinski definition) is 4. The summed E-state index contributed by atoms with van der Waals surface area (Å²) in [4.78, 5) is 20.8. The Labute approximate surface area is 312 Å². The molecule has 10 aromatic rings. The summed E-state index contributed by atoms with van der Waals surface area (Å²) >= 11 is 0. The van der Waals surface area contributed by atoms with Crippen LogP contribution in [-0.4, -0.2) is 32.6 Å². The van der Waals surface area contributed by atoms with Gasteiger partial charge in [-0.3, -0.25) is 4.57 Å². The van der Waals surface area contributed by atoms with E-state index in [4.69, 9.17) is 19.9 Å². The maximum Gasteiger partial charge on any atom is 0.226 e. The van der Waals surface area contributed by atoms with E-state index >= 15 is 0 Å². The van der Waals surface area contributed by atoms with Gasteiger partial charge >= 0.3 is 0 Å². The van der Waals surface area contributed by atoms with Crippen molar-refractivity contribution < 1.29 is 0 Å². The zero-order valence-electron chi connectivity index (χ0n) is 29.1. The van der Waals surface area contributed by atoms with Crippen LogP contribution >= 0.6 is 0 Å². The first-order valence-electron chi connectivity index (χ1n) is 18.2. The van der Waals surface area contributed by atoms with Crippen LogP contribution in [-0.2, 0) is 0 Å². The van der Waals surface area contributed by atoms with Gasteiger partial charge in [0.05, 0.1) is 11.0 Å². The van der Waals surface area contributed by atoms with Gasteiger partial charge in [0.25, 0.3) is 0 Å². The first-order valence-corrected chi connectivity index (χ1v) is 20.2. The third-order valence-corrected chi connectivity index (χ3v) is 15.5. The van der Waals surface area contributed by atoms with E-state index in [0.29, 0.717) is 17.5 Å². The summed E-state index contributed by atoms with van der Waals surface area (Å²) in [5.41, 5.74) is 7.32. The zero-order valence-corrected chi connectivity index (χ0v) is 30.1. The fourth-order valence-corrected chi connectivity index (χ4v) is 13.2. The molecule has 1 unspecified atom stereocenters. The average Bonchev–Trinajstić information content (AvgIpc) is 3.77. The van der Waals surface area contributed by atoms with Crippen molar-refractivity contribution in [2.24, 2.45) is 0 Å². The quantitative estimate of drug-likeness (QED) is 0.170. The van der Waals surface area contributed by atoms with E-state index in [2.05, 4.69) is 193 Å². The number of rotatable bonds is 5. The molecule has 1 aliphatic rings. The summed E-state index contributed by atoms with van der Waals surface area (Å²) in [6, 6.07) is 66.8. The third kappa shape index (κ3) is 4.64. The van der Waals surface area contributed by atoms with Crippen molar-refractivity contribution in [3.63, 3.8) is 0 Å². The van der Waals surface area contributed by atoms with E-state index in [1.807, 2.05) is 0 Å². The highest BCUT2D eigenvalue weighted by molar-refractivity contribution is 7.20. The van der Waals surface area contributed by atoms with Crippen LogP contribution in [0, 0.1) is 0 Å². The zero-order chi connectivity index (χ0) is 35.6. The van der Waals surface area contributed by atoms with Gasteiger partial charge in [0.15, 0.2) is 17.5 Å². The summed E-state index contributed by atoms with van der Waals surface area (Å²) in [7, 11) is -2.81. The number of imidazole rings is 1. The fraction of sp³-hybridized carbons (Fsp3) is 0. The van der Waals surface area contributed by atoms with Crippen molar-refractivity contribution in [1.82, 2.24) is 24.5 Å². The largest absolute Gasteiger partial charge is 0.299 e. The predicted octanol–water partition coefficient (Wildman–Crippen LogP) is 8.21. The smallest absolute Gasteiger partial charge is 0.226 e. The number of benzene rings is 8. The van der Waals surface area contributed by atoms with Crippen molar-refractivity contribution in [3.8, 4) is 39.9 Å². The molecule has 0 amide bonds. The minimum atomic E-state index is -2.81. The van der Waals surface area contributed by atoms with Crippen LogP contribution in [0.4, 0.5) is 0 Å². The molecule has 6 heteroatoms. The lowest BCUT2D eigenvalue weighted by Gasteiger charge is -2.28. The molecular formula is C48H31N5Si. The van der Waals surface area contributed by atoms with Crippen LogP contribution in [0.2, 0.25) is 0 Å². The molecule has 1 aliphatic heterocycles. The van der Waals surface area contributed by atoms with Crippen molar-refractivity contribution in [3.05, 3.63) is 188 Å². The van der Waals surface area contributed by atoms with Crippen LogP contribution < -0.4 is 21.0 Å². The van der Waals surface area contributed by atoms with Crippen LogP contribution in [0.5, 0.6) is 0 Å². The van der Waals surface area contributed by atoms with Crippen LogP contribution in [0.1, 0.15) is 0 Å². The lowest BCUT2D eigenvalue weighted by Crippen LogP contribution is -2.73. The van der Waals surface area contributed by atoms with E-state index < -0.39 is 8.07 Å². The van der Waals surface area contributed by atoms with Crippen molar-refractivity contribution >= 4 is 61.7 Å². The summed E-state index contributed by atoms with van der Waals surface area (Å²) in [6.45, 7) is 0. The van der Waals surface area contributed by atoms with Gasteiger partial charge in [-0.05, 0) is 67.4 Å². The van der Waals surface area contributed by atoms with E-state index in [1.165, 1.54) is 32.0 Å². The molecule has 0 aliphatic carbocycles. The first kappa shape index (κ1) is 30.6. The summed E-state index contributed by atoms with van der Waals surface area (Å²) in [5.74, 6) is 1.93. The minimum Gasteiger partial charge on any atom is -0.299 e. The molecule has 0 fully saturated rings. The number of para-hydroxylation sites is 3. The third-order valence-electron chi connectivity index (χ3n) is 10.9. The molecule has 54 heavy (non-hydrogen) atoms. The number of aromatic nitrogens is 5. The van der Waals surface area contributed by atoms with E-state index in [1.54, 1.807) is 0 Å². The SMILES string of the molecule is c1ccc([Si]2(c3ccc(-c4nc(-c5ccc6ccccc6c5)nc(-c5ccc6ccccc6c5)n4)cc3)c3ccccc3-n3c2nc2ccccc23)cc1. The minimum absolute atomic E-state index is 0.636. The molecule has 11 rings (SSSR count). The van der Waals surface area contributed by atoms with E-state index in [-0.39, 0.29) is 0 Å². The monoisotopic (exact) mass is 705 g/mol. The summed E-state index contributed by atoms with van der Waals surface area (Å²) in [5, 5.41) is 8.56. The van der Waals surface area contributed by atoms with E-state index in [9.17, 15) is 0 Å². The second-order valence-corrected chi connectivity index (χ2v) is 17.5. The first-order chi connectivity index (χ1) is 26.7. The molecule has 8 aromatic carbocycles. The molecule has 0 bridgehead atoms. The van der Waals surface area contributed by atoms with Gasteiger partial charge in [-0.15, -0.1) is 0 Å². The Morgan fingerprint density at radius 3 is 1.54 bits per heavy atom. The van der Waals surface area contributed by atoms with Crippen molar-refractivity contribution in [2.75, 3.05) is 0 Å². The van der Waals surface area contributed by atoms with Crippen LogP contribution in [0.3, 0.4) is 0 Å².